The van der Waals surface area contributed by atoms with E-state index in [1.54, 1.807) is 0 Å². The zero-order valence-electron chi connectivity index (χ0n) is 54.5. The summed E-state index contributed by atoms with van der Waals surface area (Å²) in [5.74, 6) is -1.68. The third-order valence-electron chi connectivity index (χ3n) is 13.0. The van der Waals surface area contributed by atoms with Crippen molar-refractivity contribution >= 4 is 33.6 Å². The lowest BCUT2D eigenvalue weighted by atomic mass is 10.1. The van der Waals surface area contributed by atoms with E-state index in [-0.39, 0.29) is 19.3 Å². The Balaban J connectivity index is 4.67. The van der Waals surface area contributed by atoms with Gasteiger partial charge in [0.05, 0.1) is 26.4 Å². The quantitative estimate of drug-likeness (QED) is 0.0146. The summed E-state index contributed by atoms with van der Waals surface area (Å²) < 4.78 is 60.7. The Labute approximate surface area is 537 Å². The van der Waals surface area contributed by atoms with Crippen molar-refractivity contribution in [2.24, 2.45) is 0 Å². The molecule has 0 fully saturated rings. The van der Waals surface area contributed by atoms with Gasteiger partial charge in [-0.25, -0.2) is 9.13 Å². The van der Waals surface area contributed by atoms with Gasteiger partial charge in [0.1, 0.15) is 25.4 Å². The third kappa shape index (κ3) is 64.8. The lowest BCUT2D eigenvalue weighted by Gasteiger charge is -2.21. The van der Waals surface area contributed by atoms with E-state index in [0.29, 0.717) is 25.7 Å². The molecule has 0 saturated heterocycles. The Morgan fingerprint density at radius 3 is 0.989 bits per heavy atom. The minimum atomic E-state index is -4.94. The van der Waals surface area contributed by atoms with Crippen LogP contribution in [0, 0.1) is 0 Å². The fourth-order valence-corrected chi connectivity index (χ4v) is 9.61. The number of hydrogen-bond donors (Lipinski definition) is 4. The minimum absolute atomic E-state index is 0.0710. The minimum Gasteiger partial charge on any atom is -0.463 e. The van der Waals surface area contributed by atoms with Gasteiger partial charge in [-0.05, 0) is 128 Å². The van der Waals surface area contributed by atoms with Gasteiger partial charge in [-0.3, -0.25) is 32.5 Å². The van der Waals surface area contributed by atoms with Crippen LogP contribution in [-0.4, -0.2) is 95.9 Å². The molecule has 0 aliphatic rings. The van der Waals surface area contributed by atoms with Crippen molar-refractivity contribution in [1.82, 2.24) is 0 Å². The molecule has 0 aliphatic carbocycles. The third-order valence-corrected chi connectivity index (χ3v) is 14.9. The number of phosphoric acid groups is 2. The number of unbranched alkanes of at least 4 members (excludes halogenated alkanes) is 14. The fourth-order valence-electron chi connectivity index (χ4n) is 8.02. The van der Waals surface area contributed by atoms with Gasteiger partial charge in [-0.2, -0.15) is 0 Å². The Kier molecular flexibility index (Phi) is 60.3. The average Bonchev–Trinajstić information content (AvgIpc) is 3.72. The first kappa shape index (κ1) is 84.4. The summed E-state index contributed by atoms with van der Waals surface area (Å²) >= 11 is 0. The molecule has 5 unspecified atom stereocenters. The maximum atomic E-state index is 12.9. The number of aliphatic hydroxyl groups excluding tert-OH is 2. The molecule has 16 nitrogen and oxygen atoms in total. The van der Waals surface area contributed by atoms with Crippen LogP contribution in [0.15, 0.2) is 146 Å². The van der Waals surface area contributed by atoms with Crippen molar-refractivity contribution in [2.75, 3.05) is 39.6 Å². The molecule has 89 heavy (non-hydrogen) atoms. The number of carbonyl (C=O) groups is 3. The predicted octanol–water partition coefficient (Wildman–Crippen LogP) is 18.2. The summed E-state index contributed by atoms with van der Waals surface area (Å²) in [5, 5.41) is 20.5. The lowest BCUT2D eigenvalue weighted by molar-refractivity contribution is -0.161. The second kappa shape index (κ2) is 63.6. The van der Waals surface area contributed by atoms with E-state index in [4.69, 9.17) is 32.3 Å². The summed E-state index contributed by atoms with van der Waals surface area (Å²) in [6, 6.07) is 0. The van der Waals surface area contributed by atoms with E-state index in [9.17, 15) is 43.5 Å². The predicted molar refractivity (Wildman–Crippen MR) is 362 cm³/mol. The molecule has 0 aliphatic heterocycles. The van der Waals surface area contributed by atoms with Crippen LogP contribution >= 0.6 is 15.6 Å². The first-order valence-electron chi connectivity index (χ1n) is 33.1. The van der Waals surface area contributed by atoms with Crippen LogP contribution in [0.3, 0.4) is 0 Å². The molecule has 0 saturated carbocycles. The number of ether oxygens (including phenoxy) is 3. The number of allylic oxidation sites excluding steroid dienone is 24. The van der Waals surface area contributed by atoms with Crippen LogP contribution in [-0.2, 0) is 55.8 Å². The molecule has 18 heteroatoms. The number of aliphatic hydroxyl groups is 2. The lowest BCUT2D eigenvalue weighted by Crippen LogP contribution is -2.30. The van der Waals surface area contributed by atoms with Crippen molar-refractivity contribution in [3.05, 3.63) is 146 Å². The number of esters is 3. The van der Waals surface area contributed by atoms with Crippen LogP contribution in [0.2, 0.25) is 0 Å². The molecule has 0 rings (SSSR count). The first-order valence-corrected chi connectivity index (χ1v) is 36.1. The van der Waals surface area contributed by atoms with E-state index < -0.39 is 91.5 Å². The molecule has 0 bridgehead atoms. The Hall–Kier alpha value is -4.57. The van der Waals surface area contributed by atoms with Gasteiger partial charge in [-0.1, -0.05) is 224 Å². The van der Waals surface area contributed by atoms with Gasteiger partial charge in [0.15, 0.2) is 6.10 Å². The Morgan fingerprint density at radius 2 is 0.607 bits per heavy atom. The molecule has 0 aromatic carbocycles. The molecule has 4 N–H and O–H groups in total. The van der Waals surface area contributed by atoms with E-state index in [0.717, 1.165) is 161 Å². The normalized spacial score (nSPS) is 15.2. The fraction of sp³-hybridized carbons (Fsp3) is 0.620. The van der Waals surface area contributed by atoms with Gasteiger partial charge < -0.3 is 34.2 Å². The van der Waals surface area contributed by atoms with Crippen molar-refractivity contribution < 1.29 is 75.8 Å². The highest BCUT2D eigenvalue weighted by atomic mass is 31.2. The van der Waals surface area contributed by atoms with Crippen molar-refractivity contribution in [3.63, 3.8) is 0 Å². The molecular weight excluding hydrogens is 1170 g/mol. The molecule has 0 aromatic rings. The molecule has 0 heterocycles. The number of hydrogen-bond acceptors (Lipinski definition) is 14. The Bertz CT molecular complexity index is 2210. The van der Waals surface area contributed by atoms with Crippen molar-refractivity contribution in [3.8, 4) is 0 Å². The monoisotopic (exact) mass is 1290 g/mol. The highest BCUT2D eigenvalue weighted by molar-refractivity contribution is 7.47. The molecule has 506 valence electrons. The molecular formula is C71H116O16P2. The SMILES string of the molecule is CC/C=C\C/C=C\C/C=C\C/C=C\C/C=C\CCCCCCCCCC(=O)OCC(O)COP(=O)(O)OCC(O)COP(=O)(O)OCC(COC(=O)CCC/C=C\C/C=C\C/C=C\C/C=C\C/C=C\CC)OC(=O)CCCCCCC/C=C\C/C=C\CCC. The standard InChI is InChI=1S/C71H116O16P2/c1-4-7-10-13-16-19-22-25-27-29-30-31-32-33-34-36-38-40-42-45-48-51-54-57-69(74)81-60-66(72)61-83-88(77,78)84-62-67(73)63-85-89(79,80)86-65-68(87-71(76)59-56-53-50-47-44-39-24-21-18-15-12-9-6-3)64-82-70(75)58-55-52-49-46-43-41-37-35-28-26-23-20-17-14-11-8-5-2/h7-8,10-12,15-17,19-21,24-28,30-31,33-34,37,41,46,49,66-68,72-73H,4-6,9,13-14,18,22-23,29,32,35-36,38-40,42-45,47-48,50-65H2,1-3H3,(H,77,78)(H,79,80)/b10-7-,11-8-,15-12-,19-16-,20-17-,24-21-,27-25-,28-26-,31-30-,34-33-,41-37-,49-46-. The average molecular weight is 1290 g/mol. The van der Waals surface area contributed by atoms with Crippen LogP contribution in [0.25, 0.3) is 0 Å². The highest BCUT2D eigenvalue weighted by Crippen LogP contribution is 2.45. The zero-order chi connectivity index (χ0) is 65.3. The summed E-state index contributed by atoms with van der Waals surface area (Å²) in [6.07, 6.45) is 74.9. The zero-order valence-corrected chi connectivity index (χ0v) is 56.3. The topological polar surface area (TPSA) is 231 Å². The summed E-state index contributed by atoms with van der Waals surface area (Å²) in [7, 11) is -9.80. The molecule has 0 radical (unpaired) electrons. The van der Waals surface area contributed by atoms with Crippen LogP contribution in [0.4, 0.5) is 0 Å². The smallest absolute Gasteiger partial charge is 0.463 e. The number of rotatable bonds is 61. The van der Waals surface area contributed by atoms with Gasteiger partial charge in [0, 0.05) is 19.3 Å². The van der Waals surface area contributed by atoms with Crippen molar-refractivity contribution in [1.29, 1.82) is 0 Å². The number of carbonyl (C=O) groups excluding carboxylic acids is 3. The largest absolute Gasteiger partial charge is 0.472 e. The van der Waals surface area contributed by atoms with E-state index in [1.165, 1.54) is 0 Å². The van der Waals surface area contributed by atoms with Crippen LogP contribution in [0.5, 0.6) is 0 Å². The second-order valence-electron chi connectivity index (χ2n) is 21.5. The van der Waals surface area contributed by atoms with Gasteiger partial charge >= 0.3 is 33.6 Å². The van der Waals surface area contributed by atoms with E-state index >= 15 is 0 Å². The number of phosphoric ester groups is 2. The first-order chi connectivity index (χ1) is 43.2. The summed E-state index contributed by atoms with van der Waals surface area (Å²) in [6.45, 7) is 2.24. The Morgan fingerprint density at radius 1 is 0.326 bits per heavy atom. The van der Waals surface area contributed by atoms with Crippen LogP contribution < -0.4 is 0 Å². The molecule has 0 aromatic heterocycles. The molecule has 0 amide bonds. The summed E-state index contributed by atoms with van der Waals surface area (Å²) in [5.41, 5.74) is 0. The van der Waals surface area contributed by atoms with Gasteiger partial charge in [-0.15, -0.1) is 0 Å². The van der Waals surface area contributed by atoms with Crippen molar-refractivity contribution in [2.45, 2.75) is 245 Å². The van der Waals surface area contributed by atoms with E-state index in [1.807, 2.05) is 12.2 Å². The van der Waals surface area contributed by atoms with E-state index in [2.05, 4.69) is 154 Å². The molecule has 0 spiro atoms. The van der Waals surface area contributed by atoms with Gasteiger partial charge in [0.2, 0.25) is 0 Å². The second-order valence-corrected chi connectivity index (χ2v) is 24.4. The van der Waals surface area contributed by atoms with Gasteiger partial charge in [0.25, 0.3) is 0 Å². The summed E-state index contributed by atoms with van der Waals surface area (Å²) in [4.78, 5) is 58.3. The molecule has 5 atom stereocenters. The maximum Gasteiger partial charge on any atom is 0.472 e. The highest BCUT2D eigenvalue weighted by Gasteiger charge is 2.29. The van der Waals surface area contributed by atoms with Crippen LogP contribution in [0.1, 0.15) is 226 Å². The maximum absolute atomic E-state index is 12.9.